The number of benzene rings is 1. The van der Waals surface area contributed by atoms with E-state index < -0.39 is 5.92 Å². The minimum absolute atomic E-state index is 0.301. The highest BCUT2D eigenvalue weighted by Crippen LogP contribution is 2.20. The number of carbonyl (C=O) groups excluding carboxylic acids is 1. The van der Waals surface area contributed by atoms with Gasteiger partial charge in [0.2, 0.25) is 0 Å². The van der Waals surface area contributed by atoms with Crippen LogP contribution in [0.15, 0.2) is 42.6 Å². The molecule has 0 saturated carbocycles. The summed E-state index contributed by atoms with van der Waals surface area (Å²) in [6, 6.07) is 10.9. The number of hydrogen-bond donors (Lipinski definition) is 1. The fraction of sp³-hybridized carbons (Fsp3) is 0.111. The van der Waals surface area contributed by atoms with E-state index >= 15 is 0 Å². The Morgan fingerprint density at radius 3 is 2.96 bits per heavy atom. The number of H-pyrrole nitrogens is 1. The summed E-state index contributed by atoms with van der Waals surface area (Å²) >= 11 is 5.91. The van der Waals surface area contributed by atoms with Gasteiger partial charge in [-0.2, -0.15) is 5.26 Å². The summed E-state index contributed by atoms with van der Waals surface area (Å²) in [6.45, 7) is 1.91. The van der Waals surface area contributed by atoms with Crippen molar-refractivity contribution in [2.75, 3.05) is 0 Å². The van der Waals surface area contributed by atoms with Gasteiger partial charge < -0.3 is 4.98 Å². The number of hydrogen-bond acceptors (Lipinski definition) is 4. The maximum Gasteiger partial charge on any atom is 0.180 e. The summed E-state index contributed by atoms with van der Waals surface area (Å²) in [7, 11) is 0. The van der Waals surface area contributed by atoms with Crippen LogP contribution in [-0.4, -0.2) is 20.7 Å². The molecule has 5 nitrogen and oxygen atoms in total. The Hall–Kier alpha value is -2.97. The number of pyridine rings is 1. The highest BCUT2D eigenvalue weighted by Gasteiger charge is 2.22. The number of aryl methyl sites for hydroxylation is 1. The molecule has 24 heavy (non-hydrogen) atoms. The number of fused-ring (bicyclic) bond motifs is 1. The minimum atomic E-state index is -1.01. The zero-order chi connectivity index (χ0) is 17.1. The smallest absolute Gasteiger partial charge is 0.180 e. The number of nitriles is 1. The summed E-state index contributed by atoms with van der Waals surface area (Å²) in [4.78, 5) is 23.8. The monoisotopic (exact) mass is 336 g/mol. The summed E-state index contributed by atoms with van der Waals surface area (Å²) < 4.78 is 0. The zero-order valence-electron chi connectivity index (χ0n) is 12.8. The lowest BCUT2D eigenvalue weighted by Gasteiger charge is -2.01. The first-order valence-electron chi connectivity index (χ1n) is 7.27. The number of rotatable bonds is 4. The molecule has 1 N–H and O–H groups in total. The van der Waals surface area contributed by atoms with Crippen molar-refractivity contribution in [3.63, 3.8) is 0 Å². The Labute approximate surface area is 143 Å². The molecule has 6 heteroatoms. The Morgan fingerprint density at radius 2 is 2.25 bits per heavy atom. The summed E-state index contributed by atoms with van der Waals surface area (Å²) in [5.74, 6) is -1.06. The van der Waals surface area contributed by atoms with Crippen LogP contribution in [0.2, 0.25) is 5.02 Å². The molecule has 0 aliphatic heterocycles. The molecule has 118 valence electrons. The second-order valence-corrected chi connectivity index (χ2v) is 5.74. The van der Waals surface area contributed by atoms with E-state index in [0.29, 0.717) is 16.5 Å². The van der Waals surface area contributed by atoms with Gasteiger partial charge >= 0.3 is 0 Å². The first kappa shape index (κ1) is 15.9. The third kappa shape index (κ3) is 3.19. The van der Waals surface area contributed by atoms with E-state index in [2.05, 4.69) is 15.0 Å². The number of imidazole rings is 1. The lowest BCUT2D eigenvalue weighted by molar-refractivity contribution is -0.114. The molecule has 3 aromatic rings. The number of aromatic amines is 1. The van der Waals surface area contributed by atoms with E-state index in [4.69, 9.17) is 11.6 Å². The Balaban J connectivity index is 1.88. The maximum absolute atomic E-state index is 12.4. The molecule has 0 fully saturated rings. The average molecular weight is 337 g/mol. The van der Waals surface area contributed by atoms with Crippen LogP contribution >= 0.6 is 11.6 Å². The third-order valence-electron chi connectivity index (χ3n) is 3.59. The molecular formula is C18H13ClN4O. The Kier molecular flexibility index (Phi) is 4.41. The average Bonchev–Trinajstić information content (AvgIpc) is 2.99. The number of carbonyl (C=O) groups is 1. The quantitative estimate of drug-likeness (QED) is 0.734. The molecule has 2 aromatic heterocycles. The highest BCUT2D eigenvalue weighted by atomic mass is 35.5. The van der Waals surface area contributed by atoms with Crippen molar-refractivity contribution >= 4 is 34.6 Å². The van der Waals surface area contributed by atoms with Gasteiger partial charge in [0.25, 0.3) is 0 Å². The van der Waals surface area contributed by atoms with Gasteiger partial charge in [0.1, 0.15) is 5.82 Å². The van der Waals surface area contributed by atoms with Gasteiger partial charge in [-0.15, -0.1) is 0 Å². The first-order valence-corrected chi connectivity index (χ1v) is 7.64. The molecular weight excluding hydrogens is 324 g/mol. The van der Waals surface area contributed by atoms with Crippen molar-refractivity contribution in [3.05, 3.63) is 64.6 Å². The molecule has 0 amide bonds. The van der Waals surface area contributed by atoms with Crippen molar-refractivity contribution < 1.29 is 4.79 Å². The van der Waals surface area contributed by atoms with Crippen LogP contribution in [0.25, 0.3) is 17.2 Å². The number of aromatic nitrogens is 3. The summed E-state index contributed by atoms with van der Waals surface area (Å²) in [6.07, 6.45) is 4.64. The Morgan fingerprint density at radius 1 is 1.42 bits per heavy atom. The fourth-order valence-electron chi connectivity index (χ4n) is 2.33. The first-order chi connectivity index (χ1) is 11.6. The van der Waals surface area contributed by atoms with Crippen LogP contribution in [0.3, 0.4) is 0 Å². The molecule has 3 rings (SSSR count). The predicted octanol–water partition coefficient (Wildman–Crippen LogP) is 3.81. The molecule has 1 atom stereocenters. The Bertz CT molecular complexity index is 984. The molecule has 0 aliphatic carbocycles. The number of halogens is 1. The molecule has 0 saturated heterocycles. The predicted molar refractivity (Wildman–Crippen MR) is 92.5 cm³/mol. The number of allylic oxidation sites excluding steroid dienone is 1. The van der Waals surface area contributed by atoms with Crippen LogP contribution in [0.5, 0.6) is 0 Å². The lowest BCUT2D eigenvalue weighted by atomic mass is 10.0. The number of nitrogens with zero attached hydrogens (tertiary/aromatic N) is 3. The van der Waals surface area contributed by atoms with Gasteiger partial charge in [-0.05, 0) is 42.3 Å². The van der Waals surface area contributed by atoms with Crippen molar-refractivity contribution in [1.82, 2.24) is 15.0 Å². The van der Waals surface area contributed by atoms with Crippen molar-refractivity contribution in [3.8, 4) is 6.07 Å². The normalized spacial score (nSPS) is 12.4. The molecule has 1 unspecified atom stereocenters. The number of ketones is 1. The molecule has 0 aliphatic rings. The van der Waals surface area contributed by atoms with Crippen molar-refractivity contribution in [2.24, 2.45) is 0 Å². The molecule has 0 bridgehead atoms. The van der Waals surface area contributed by atoms with Gasteiger partial charge in [-0.25, -0.2) is 9.97 Å². The second-order valence-electron chi connectivity index (χ2n) is 5.30. The van der Waals surface area contributed by atoms with Crippen LogP contribution in [0, 0.1) is 18.3 Å². The van der Waals surface area contributed by atoms with Crippen LogP contribution in [-0.2, 0) is 4.79 Å². The highest BCUT2D eigenvalue weighted by molar-refractivity contribution is 6.30. The summed E-state index contributed by atoms with van der Waals surface area (Å²) in [5, 5.41) is 9.96. The summed E-state index contributed by atoms with van der Waals surface area (Å²) in [5.41, 5.74) is 2.98. The van der Waals surface area contributed by atoms with Crippen LogP contribution in [0.1, 0.15) is 22.9 Å². The topological polar surface area (TPSA) is 82.4 Å². The standard InChI is InChI=1S/C18H13ClN4O/c1-11-7-8-21-18-16(11)22-17(23-18)14(10-20)15(24)6-5-12-3-2-4-13(19)9-12/h2-9,14H,1H3,(H,21,22,23)/b6-5+. The molecule has 0 radical (unpaired) electrons. The van der Waals surface area contributed by atoms with E-state index in [1.807, 2.05) is 25.1 Å². The van der Waals surface area contributed by atoms with E-state index in [1.165, 1.54) is 6.08 Å². The zero-order valence-corrected chi connectivity index (χ0v) is 13.6. The SMILES string of the molecule is Cc1ccnc2nc(C(C#N)C(=O)/C=C/c3cccc(Cl)c3)[nH]c12. The maximum atomic E-state index is 12.4. The third-order valence-corrected chi connectivity index (χ3v) is 3.83. The van der Waals surface area contributed by atoms with Gasteiger partial charge in [0.15, 0.2) is 17.3 Å². The minimum Gasteiger partial charge on any atom is -0.339 e. The van der Waals surface area contributed by atoms with E-state index in [1.54, 1.807) is 30.5 Å². The van der Waals surface area contributed by atoms with Crippen LogP contribution in [0.4, 0.5) is 0 Å². The lowest BCUT2D eigenvalue weighted by Crippen LogP contribution is -2.09. The second kappa shape index (κ2) is 6.65. The largest absolute Gasteiger partial charge is 0.339 e. The van der Waals surface area contributed by atoms with Gasteiger partial charge in [-0.1, -0.05) is 29.8 Å². The molecule has 2 heterocycles. The van der Waals surface area contributed by atoms with Crippen molar-refractivity contribution in [1.29, 1.82) is 5.26 Å². The van der Waals surface area contributed by atoms with E-state index in [0.717, 1.165) is 16.6 Å². The van der Waals surface area contributed by atoms with Crippen molar-refractivity contribution in [2.45, 2.75) is 12.8 Å². The molecule has 0 spiro atoms. The molecule has 1 aromatic carbocycles. The fourth-order valence-corrected chi connectivity index (χ4v) is 2.53. The van der Waals surface area contributed by atoms with Crippen LogP contribution < -0.4 is 0 Å². The van der Waals surface area contributed by atoms with E-state index in [9.17, 15) is 10.1 Å². The number of nitrogens with one attached hydrogen (secondary N) is 1. The van der Waals surface area contributed by atoms with Gasteiger partial charge in [0, 0.05) is 11.2 Å². The van der Waals surface area contributed by atoms with E-state index in [-0.39, 0.29) is 5.78 Å². The van der Waals surface area contributed by atoms with Gasteiger partial charge in [0.05, 0.1) is 11.6 Å². The van der Waals surface area contributed by atoms with Gasteiger partial charge in [-0.3, -0.25) is 4.79 Å².